The Morgan fingerprint density at radius 1 is 1.21 bits per heavy atom. The van der Waals surface area contributed by atoms with E-state index in [1.165, 1.54) is 31.3 Å². The molecule has 3 saturated carbocycles. The molecule has 0 aromatic carbocycles. The lowest BCUT2D eigenvalue weighted by Crippen LogP contribution is -2.37. The zero-order chi connectivity index (χ0) is 24.8. The molecule has 1 heterocycles. The summed E-state index contributed by atoms with van der Waals surface area (Å²) >= 11 is 0. The minimum atomic E-state index is -0.672. The summed E-state index contributed by atoms with van der Waals surface area (Å²) in [5.41, 5.74) is 4.16. The molecule has 0 unspecified atom stereocenters. The van der Waals surface area contributed by atoms with Gasteiger partial charge in [0.15, 0.2) is 0 Å². The normalized spacial score (nSPS) is 43.9. The van der Waals surface area contributed by atoms with Crippen molar-refractivity contribution in [3.63, 3.8) is 0 Å². The van der Waals surface area contributed by atoms with Gasteiger partial charge in [-0.05, 0) is 85.7 Å². The maximum absolute atomic E-state index is 12.1. The van der Waals surface area contributed by atoms with Crippen LogP contribution in [-0.2, 0) is 9.53 Å². The summed E-state index contributed by atoms with van der Waals surface area (Å²) in [6.45, 7) is 16.9. The second-order valence-corrected chi connectivity index (χ2v) is 11.8. The second-order valence-electron chi connectivity index (χ2n) is 11.8. The number of hydrogen-bond donors (Lipinski definition) is 2. The molecule has 0 spiro atoms. The minimum Gasteiger partial charge on any atom is -0.458 e. The van der Waals surface area contributed by atoms with Gasteiger partial charge in [0.2, 0.25) is 0 Å². The van der Waals surface area contributed by atoms with Gasteiger partial charge in [0.1, 0.15) is 6.10 Å². The first kappa shape index (κ1) is 25.4. The average molecular weight is 469 g/mol. The molecule has 0 radical (unpaired) electrons. The molecule has 4 aliphatic rings. The van der Waals surface area contributed by atoms with Crippen LogP contribution in [0.25, 0.3) is 0 Å². The van der Waals surface area contributed by atoms with Gasteiger partial charge in [-0.3, -0.25) is 0 Å². The SMILES string of the molecule is C=C1C(=CC=C2CCC[C@]3(C)[C@@H]([C@H](C)C[C@H]4OC(=O)C(=C)[C@H]4CC)CC[C@@H]23)C[C@@H](O)[C@H](C)[C@@H]1O. The number of esters is 1. The third-order valence-corrected chi connectivity index (χ3v) is 9.99. The Kier molecular flexibility index (Phi) is 7.32. The third kappa shape index (κ3) is 4.37. The molecular weight excluding hydrogens is 424 g/mol. The number of cyclic esters (lactones) is 1. The van der Waals surface area contributed by atoms with Gasteiger partial charge < -0.3 is 14.9 Å². The van der Waals surface area contributed by atoms with Gasteiger partial charge in [-0.25, -0.2) is 4.79 Å². The Morgan fingerprint density at radius 3 is 2.65 bits per heavy atom. The van der Waals surface area contributed by atoms with Crippen LogP contribution < -0.4 is 0 Å². The number of allylic oxidation sites excluding steroid dienone is 3. The molecule has 1 aliphatic heterocycles. The third-order valence-electron chi connectivity index (χ3n) is 9.99. The number of rotatable bonds is 5. The van der Waals surface area contributed by atoms with Gasteiger partial charge in [0.05, 0.1) is 12.2 Å². The van der Waals surface area contributed by atoms with Crippen LogP contribution in [0.5, 0.6) is 0 Å². The van der Waals surface area contributed by atoms with Crippen LogP contribution >= 0.6 is 0 Å². The standard InChI is InChI=1S/C30H44O4/c1-7-23-19(4)29(33)34-27(23)15-17(2)24-12-13-25-21(9-8-14-30(24,25)6)10-11-22-16-26(31)20(5)28(32)18(22)3/h10-11,17,20,23-28,31-32H,3-4,7-9,12-16H2,1-2,5-6H3/t17-,20+,23-,24-,25+,26-,27-,28-,30-/m1/s1. The minimum absolute atomic E-state index is 0.0245. The van der Waals surface area contributed by atoms with Crippen LogP contribution in [0.4, 0.5) is 0 Å². The number of aliphatic hydroxyl groups is 2. The van der Waals surface area contributed by atoms with Gasteiger partial charge in [-0.1, -0.05) is 58.6 Å². The predicted molar refractivity (Wildman–Crippen MR) is 136 cm³/mol. The van der Waals surface area contributed by atoms with Gasteiger partial charge in [-0.2, -0.15) is 0 Å². The Morgan fingerprint density at radius 2 is 1.94 bits per heavy atom. The van der Waals surface area contributed by atoms with E-state index in [1.54, 1.807) is 0 Å². The van der Waals surface area contributed by atoms with Gasteiger partial charge >= 0.3 is 5.97 Å². The first-order chi connectivity index (χ1) is 16.1. The summed E-state index contributed by atoms with van der Waals surface area (Å²) in [5.74, 6) is 1.47. The molecule has 4 heteroatoms. The average Bonchev–Trinajstić information content (AvgIpc) is 3.29. The zero-order valence-electron chi connectivity index (χ0n) is 21.6. The van der Waals surface area contributed by atoms with Crippen molar-refractivity contribution in [2.75, 3.05) is 0 Å². The van der Waals surface area contributed by atoms with Crippen LogP contribution in [-0.4, -0.2) is 34.5 Å². The van der Waals surface area contributed by atoms with E-state index in [0.717, 1.165) is 30.4 Å². The van der Waals surface area contributed by atoms with Gasteiger partial charge in [0, 0.05) is 17.4 Å². The van der Waals surface area contributed by atoms with Crippen molar-refractivity contribution in [3.05, 3.63) is 47.6 Å². The maximum Gasteiger partial charge on any atom is 0.334 e. The number of fused-ring (bicyclic) bond motifs is 1. The molecule has 2 N–H and O–H groups in total. The van der Waals surface area contributed by atoms with Gasteiger partial charge in [-0.15, -0.1) is 0 Å². The van der Waals surface area contributed by atoms with E-state index in [2.05, 4.69) is 46.1 Å². The second kappa shape index (κ2) is 9.78. The van der Waals surface area contributed by atoms with E-state index in [-0.39, 0.29) is 29.3 Å². The van der Waals surface area contributed by atoms with Crippen LogP contribution in [0.2, 0.25) is 0 Å². The number of hydrogen-bond acceptors (Lipinski definition) is 4. The fourth-order valence-corrected chi connectivity index (χ4v) is 7.78. The molecule has 9 atom stereocenters. The molecule has 4 nitrogen and oxygen atoms in total. The van der Waals surface area contributed by atoms with Crippen molar-refractivity contribution in [1.82, 2.24) is 0 Å². The quantitative estimate of drug-likeness (QED) is 0.389. The molecular formula is C30H44O4. The molecule has 0 amide bonds. The fraction of sp³-hybridized carbons (Fsp3) is 0.700. The van der Waals surface area contributed by atoms with Crippen LogP contribution in [0.15, 0.2) is 47.6 Å². The number of carbonyl (C=O) groups is 1. The highest BCUT2D eigenvalue weighted by Gasteiger charge is 2.51. The van der Waals surface area contributed by atoms with Crippen LogP contribution in [0.3, 0.4) is 0 Å². The number of aliphatic hydroxyl groups excluding tert-OH is 2. The van der Waals surface area contributed by atoms with Gasteiger partial charge in [0.25, 0.3) is 0 Å². The van der Waals surface area contributed by atoms with Crippen molar-refractivity contribution >= 4 is 5.97 Å². The van der Waals surface area contributed by atoms with Crippen molar-refractivity contribution < 1.29 is 19.7 Å². The molecule has 3 aliphatic carbocycles. The van der Waals surface area contributed by atoms with E-state index < -0.39 is 12.2 Å². The summed E-state index contributed by atoms with van der Waals surface area (Å²) in [7, 11) is 0. The Balaban J connectivity index is 1.49. The zero-order valence-corrected chi connectivity index (χ0v) is 21.6. The Bertz CT molecular complexity index is 897. The van der Waals surface area contributed by atoms with E-state index in [4.69, 9.17) is 4.74 Å². The maximum atomic E-state index is 12.1. The fourth-order valence-electron chi connectivity index (χ4n) is 7.78. The van der Waals surface area contributed by atoms with E-state index in [1.807, 2.05) is 6.92 Å². The molecule has 1 saturated heterocycles. The Labute approximate surface area is 205 Å². The van der Waals surface area contributed by atoms with Crippen molar-refractivity contribution in [1.29, 1.82) is 0 Å². The lowest BCUT2D eigenvalue weighted by atomic mass is 9.60. The first-order valence-electron chi connectivity index (χ1n) is 13.4. The number of carbonyl (C=O) groups excluding carboxylic acids is 1. The van der Waals surface area contributed by atoms with Crippen molar-refractivity contribution in [3.8, 4) is 0 Å². The summed E-state index contributed by atoms with van der Waals surface area (Å²) in [5, 5.41) is 20.8. The van der Waals surface area contributed by atoms with Crippen LogP contribution in [0.1, 0.15) is 79.1 Å². The molecule has 4 rings (SSSR count). The summed E-state index contributed by atoms with van der Waals surface area (Å²) < 4.78 is 5.73. The molecule has 188 valence electrons. The molecule has 0 aromatic heterocycles. The highest BCUT2D eigenvalue weighted by molar-refractivity contribution is 5.90. The molecule has 4 fully saturated rings. The lowest BCUT2D eigenvalue weighted by Gasteiger charge is -2.45. The highest BCUT2D eigenvalue weighted by atomic mass is 16.6. The monoisotopic (exact) mass is 468 g/mol. The predicted octanol–water partition coefficient (Wildman–Crippen LogP) is 5.91. The molecule has 34 heavy (non-hydrogen) atoms. The number of ether oxygens (including phenoxy) is 1. The lowest BCUT2D eigenvalue weighted by molar-refractivity contribution is -0.140. The molecule has 0 bridgehead atoms. The smallest absolute Gasteiger partial charge is 0.334 e. The van der Waals surface area contributed by atoms with E-state index in [9.17, 15) is 15.0 Å². The van der Waals surface area contributed by atoms with Crippen LogP contribution in [0, 0.1) is 35.0 Å². The largest absolute Gasteiger partial charge is 0.458 e. The molecule has 0 aromatic rings. The van der Waals surface area contributed by atoms with E-state index >= 15 is 0 Å². The van der Waals surface area contributed by atoms with E-state index in [0.29, 0.717) is 29.7 Å². The first-order valence-corrected chi connectivity index (χ1v) is 13.4. The Hall–Kier alpha value is -1.65. The topological polar surface area (TPSA) is 66.8 Å². The summed E-state index contributed by atoms with van der Waals surface area (Å²) in [6.07, 6.45) is 11.6. The highest BCUT2D eigenvalue weighted by Crippen LogP contribution is 2.60. The summed E-state index contributed by atoms with van der Waals surface area (Å²) in [6, 6.07) is 0. The van der Waals surface area contributed by atoms with Crippen molar-refractivity contribution in [2.24, 2.45) is 35.0 Å². The summed E-state index contributed by atoms with van der Waals surface area (Å²) in [4.78, 5) is 12.1. The van der Waals surface area contributed by atoms with Crippen molar-refractivity contribution in [2.45, 2.75) is 97.4 Å².